The molecule has 92 valence electrons. The van der Waals surface area contributed by atoms with Gasteiger partial charge >= 0.3 is 0 Å². The van der Waals surface area contributed by atoms with Crippen molar-refractivity contribution in [1.29, 1.82) is 0 Å². The van der Waals surface area contributed by atoms with Crippen molar-refractivity contribution in [3.63, 3.8) is 0 Å². The highest BCUT2D eigenvalue weighted by Gasteiger charge is 2.08. The average Bonchev–Trinajstić information content (AvgIpc) is 2.26. The van der Waals surface area contributed by atoms with Crippen LogP contribution in [0.5, 0.6) is 0 Å². The topological polar surface area (TPSA) is 12.0 Å². The van der Waals surface area contributed by atoms with Gasteiger partial charge in [-0.1, -0.05) is 61.9 Å². The Morgan fingerprint density at radius 3 is 2.20 bits per heavy atom. The first-order chi connectivity index (χ1) is 7.22. The number of halogens is 1. The minimum atomic E-state index is 0.639. The van der Waals surface area contributed by atoms with E-state index in [-0.39, 0.29) is 0 Å². The molecule has 2 atom stereocenters. The van der Waals surface area contributed by atoms with Gasteiger partial charge < -0.3 is 5.32 Å². The number of nitrogens with one attached hydrogen (secondary N) is 1. The van der Waals surface area contributed by atoms with Crippen molar-refractivity contribution in [2.24, 2.45) is 5.92 Å². The first kappa shape index (κ1) is 15.4. The molecule has 0 aliphatic heterocycles. The Morgan fingerprint density at radius 2 is 1.60 bits per heavy atom. The van der Waals surface area contributed by atoms with Gasteiger partial charge in [-0.05, 0) is 25.8 Å². The van der Waals surface area contributed by atoms with E-state index >= 15 is 0 Å². The standard InChI is InChI=1S/C13H28BrN/c1-4-5-6-7-8-9-10-15-13(3)12(2)11-14/h12-13,15H,4-11H2,1-3H3. The summed E-state index contributed by atoms with van der Waals surface area (Å²) in [5.41, 5.74) is 0. The summed E-state index contributed by atoms with van der Waals surface area (Å²) in [6.07, 6.45) is 8.32. The zero-order valence-corrected chi connectivity index (χ0v) is 12.3. The van der Waals surface area contributed by atoms with E-state index in [1.807, 2.05) is 0 Å². The van der Waals surface area contributed by atoms with Gasteiger partial charge in [0, 0.05) is 11.4 Å². The van der Waals surface area contributed by atoms with Crippen molar-refractivity contribution in [2.45, 2.75) is 65.3 Å². The van der Waals surface area contributed by atoms with Crippen molar-refractivity contribution in [2.75, 3.05) is 11.9 Å². The lowest BCUT2D eigenvalue weighted by molar-refractivity contribution is 0.425. The zero-order valence-electron chi connectivity index (χ0n) is 10.7. The summed E-state index contributed by atoms with van der Waals surface area (Å²) in [5.74, 6) is 0.727. The van der Waals surface area contributed by atoms with Crippen LogP contribution in [0.3, 0.4) is 0 Å². The van der Waals surface area contributed by atoms with E-state index in [2.05, 4.69) is 42.0 Å². The summed E-state index contributed by atoms with van der Waals surface area (Å²) in [7, 11) is 0. The minimum absolute atomic E-state index is 0.639. The minimum Gasteiger partial charge on any atom is -0.314 e. The predicted octanol–water partition coefficient (Wildman–Crippen LogP) is 4.36. The Bertz CT molecular complexity index is 128. The monoisotopic (exact) mass is 277 g/mol. The van der Waals surface area contributed by atoms with Crippen LogP contribution in [-0.2, 0) is 0 Å². The van der Waals surface area contributed by atoms with E-state index in [0.29, 0.717) is 6.04 Å². The van der Waals surface area contributed by atoms with Gasteiger partial charge in [0.15, 0.2) is 0 Å². The molecular weight excluding hydrogens is 250 g/mol. The van der Waals surface area contributed by atoms with Crippen molar-refractivity contribution < 1.29 is 0 Å². The van der Waals surface area contributed by atoms with Gasteiger partial charge in [0.05, 0.1) is 0 Å². The van der Waals surface area contributed by atoms with Crippen molar-refractivity contribution >= 4 is 15.9 Å². The molecule has 0 radical (unpaired) electrons. The Kier molecular flexibility index (Phi) is 11.3. The van der Waals surface area contributed by atoms with E-state index in [1.165, 1.54) is 45.1 Å². The van der Waals surface area contributed by atoms with Gasteiger partial charge in [-0.25, -0.2) is 0 Å². The van der Waals surface area contributed by atoms with Gasteiger partial charge in [-0.15, -0.1) is 0 Å². The van der Waals surface area contributed by atoms with E-state index in [4.69, 9.17) is 0 Å². The molecular formula is C13H28BrN. The summed E-state index contributed by atoms with van der Waals surface area (Å²) in [5, 5.41) is 4.69. The second-order valence-electron chi connectivity index (χ2n) is 4.64. The maximum absolute atomic E-state index is 3.59. The fraction of sp³-hybridized carbons (Fsp3) is 1.00. The maximum Gasteiger partial charge on any atom is 0.00723 e. The summed E-state index contributed by atoms with van der Waals surface area (Å²) < 4.78 is 0. The third-order valence-electron chi connectivity index (χ3n) is 3.09. The van der Waals surface area contributed by atoms with E-state index in [1.54, 1.807) is 0 Å². The average molecular weight is 278 g/mol. The Balaban J connectivity index is 3.16. The van der Waals surface area contributed by atoms with Crippen molar-refractivity contribution in [3.8, 4) is 0 Å². The van der Waals surface area contributed by atoms with E-state index in [9.17, 15) is 0 Å². The van der Waals surface area contributed by atoms with Crippen LogP contribution >= 0.6 is 15.9 Å². The molecule has 0 heterocycles. The molecule has 0 aromatic rings. The lowest BCUT2D eigenvalue weighted by atomic mass is 10.1. The lowest BCUT2D eigenvalue weighted by Gasteiger charge is -2.19. The number of hydrogen-bond donors (Lipinski definition) is 1. The van der Waals surface area contributed by atoms with Crippen molar-refractivity contribution in [3.05, 3.63) is 0 Å². The summed E-state index contributed by atoms with van der Waals surface area (Å²) >= 11 is 3.53. The zero-order chi connectivity index (χ0) is 11.5. The van der Waals surface area contributed by atoms with Gasteiger partial charge in [-0.2, -0.15) is 0 Å². The van der Waals surface area contributed by atoms with Gasteiger partial charge in [0.2, 0.25) is 0 Å². The second-order valence-corrected chi connectivity index (χ2v) is 5.29. The second kappa shape index (κ2) is 10.9. The molecule has 0 amide bonds. The van der Waals surface area contributed by atoms with Gasteiger partial charge in [0.1, 0.15) is 0 Å². The fourth-order valence-corrected chi connectivity index (χ4v) is 2.13. The predicted molar refractivity (Wildman–Crippen MR) is 73.8 cm³/mol. The number of unbranched alkanes of at least 4 members (excludes halogenated alkanes) is 5. The van der Waals surface area contributed by atoms with Crippen LogP contribution < -0.4 is 5.32 Å². The summed E-state index contributed by atoms with van der Waals surface area (Å²) in [4.78, 5) is 0. The molecule has 0 saturated carbocycles. The quantitative estimate of drug-likeness (QED) is 0.462. The first-order valence-corrected chi connectivity index (χ1v) is 7.63. The van der Waals surface area contributed by atoms with Crippen LogP contribution in [0.25, 0.3) is 0 Å². The SMILES string of the molecule is CCCCCCCCNC(C)C(C)CBr. The van der Waals surface area contributed by atoms with E-state index < -0.39 is 0 Å². The van der Waals surface area contributed by atoms with Crippen molar-refractivity contribution in [1.82, 2.24) is 5.32 Å². The van der Waals surface area contributed by atoms with Crippen LogP contribution in [-0.4, -0.2) is 17.9 Å². The molecule has 1 nitrogen and oxygen atoms in total. The molecule has 0 aromatic heterocycles. The third kappa shape index (κ3) is 9.37. The number of hydrogen-bond acceptors (Lipinski definition) is 1. The van der Waals surface area contributed by atoms with E-state index in [0.717, 1.165) is 11.2 Å². The Labute approximate surface area is 105 Å². The molecule has 0 aliphatic carbocycles. The number of rotatable bonds is 10. The maximum atomic E-state index is 3.59. The van der Waals surface area contributed by atoms with Crippen LogP contribution in [0.2, 0.25) is 0 Å². The first-order valence-electron chi connectivity index (χ1n) is 6.51. The fourth-order valence-electron chi connectivity index (χ4n) is 1.57. The highest BCUT2D eigenvalue weighted by atomic mass is 79.9. The molecule has 0 aliphatic rings. The molecule has 2 heteroatoms. The van der Waals surface area contributed by atoms with Crippen LogP contribution in [0.15, 0.2) is 0 Å². The van der Waals surface area contributed by atoms with Gasteiger partial charge in [0.25, 0.3) is 0 Å². The molecule has 0 aromatic carbocycles. The Morgan fingerprint density at radius 1 is 1.00 bits per heavy atom. The van der Waals surface area contributed by atoms with Crippen LogP contribution in [0, 0.1) is 5.92 Å². The van der Waals surface area contributed by atoms with Crippen LogP contribution in [0.4, 0.5) is 0 Å². The molecule has 1 N–H and O–H groups in total. The highest BCUT2D eigenvalue weighted by Crippen LogP contribution is 2.07. The molecule has 0 rings (SSSR count). The smallest absolute Gasteiger partial charge is 0.00723 e. The molecule has 15 heavy (non-hydrogen) atoms. The molecule has 0 spiro atoms. The molecule has 0 bridgehead atoms. The third-order valence-corrected chi connectivity index (χ3v) is 4.11. The lowest BCUT2D eigenvalue weighted by Crippen LogP contribution is -2.33. The highest BCUT2D eigenvalue weighted by molar-refractivity contribution is 9.09. The normalized spacial score (nSPS) is 15.2. The van der Waals surface area contributed by atoms with Gasteiger partial charge in [-0.3, -0.25) is 0 Å². The number of alkyl halides is 1. The largest absolute Gasteiger partial charge is 0.314 e. The molecule has 0 saturated heterocycles. The Hall–Kier alpha value is 0.440. The van der Waals surface area contributed by atoms with Crippen LogP contribution in [0.1, 0.15) is 59.3 Å². The molecule has 0 fully saturated rings. The summed E-state index contributed by atoms with van der Waals surface area (Å²) in [6, 6.07) is 0.639. The molecule has 2 unspecified atom stereocenters. The summed E-state index contributed by atoms with van der Waals surface area (Å²) in [6.45, 7) is 8.02.